The van der Waals surface area contributed by atoms with Gasteiger partial charge in [-0.1, -0.05) is 31.5 Å². The van der Waals surface area contributed by atoms with Crippen molar-refractivity contribution in [1.29, 1.82) is 0 Å². The van der Waals surface area contributed by atoms with Crippen molar-refractivity contribution in [3.8, 4) is 17.2 Å². The molecule has 0 saturated heterocycles. The van der Waals surface area contributed by atoms with E-state index in [1.807, 2.05) is 34.9 Å². The molecule has 0 saturated carbocycles. The molecular formula is C28H36ClN5O5S. The molecule has 4 N–H and O–H groups in total. The Balaban J connectivity index is 1.70. The summed E-state index contributed by atoms with van der Waals surface area (Å²) >= 11 is 6.51. The number of anilines is 1. The fourth-order valence-corrected chi connectivity index (χ4v) is 4.54. The van der Waals surface area contributed by atoms with Gasteiger partial charge in [-0.3, -0.25) is 4.79 Å². The van der Waals surface area contributed by atoms with Crippen LogP contribution in [0.4, 0.5) is 11.4 Å². The second kappa shape index (κ2) is 14.1. The van der Waals surface area contributed by atoms with Gasteiger partial charge in [0.15, 0.2) is 9.84 Å². The number of carbonyl (C=O) groups is 1. The zero-order valence-corrected chi connectivity index (χ0v) is 24.7. The Hall–Kier alpha value is -3.70. The predicted octanol–water partition coefficient (Wildman–Crippen LogP) is 4.60. The SMILES string of the molecule is CNc1ccn(CCNC(=O)CS(C)(=O)=O)c1C(N)=Nc1ccc(Oc2cccc(OCCC(C)C)c2)c(Cl)c1. The van der Waals surface area contributed by atoms with E-state index in [1.165, 1.54) is 0 Å². The number of aromatic nitrogens is 1. The number of halogens is 1. The number of amides is 1. The van der Waals surface area contributed by atoms with Crippen LogP contribution in [-0.2, 0) is 21.2 Å². The van der Waals surface area contributed by atoms with Crippen LogP contribution in [0.5, 0.6) is 17.2 Å². The zero-order chi connectivity index (χ0) is 29.3. The Labute approximate surface area is 240 Å². The maximum absolute atomic E-state index is 11.8. The fraction of sp³-hybridized carbons (Fsp3) is 0.357. The molecule has 1 amide bonds. The van der Waals surface area contributed by atoms with Crippen molar-refractivity contribution in [3.05, 3.63) is 65.4 Å². The summed E-state index contributed by atoms with van der Waals surface area (Å²) in [6, 6.07) is 14.3. The number of hydrogen-bond acceptors (Lipinski definition) is 7. The molecule has 0 fully saturated rings. The van der Waals surface area contributed by atoms with Crippen LogP contribution in [0, 0.1) is 5.92 Å². The number of nitrogens with one attached hydrogen (secondary N) is 2. The number of benzene rings is 2. The van der Waals surface area contributed by atoms with Crippen LogP contribution in [0.15, 0.2) is 59.7 Å². The quantitative estimate of drug-likeness (QED) is 0.185. The van der Waals surface area contributed by atoms with Gasteiger partial charge in [-0.2, -0.15) is 0 Å². The molecule has 0 aliphatic rings. The number of hydrogen-bond donors (Lipinski definition) is 3. The van der Waals surface area contributed by atoms with Crippen LogP contribution in [0.2, 0.25) is 5.02 Å². The molecule has 0 unspecified atom stereocenters. The average Bonchev–Trinajstić information content (AvgIpc) is 3.28. The van der Waals surface area contributed by atoms with Gasteiger partial charge >= 0.3 is 0 Å². The van der Waals surface area contributed by atoms with E-state index < -0.39 is 21.5 Å². The molecule has 1 heterocycles. The minimum atomic E-state index is -3.40. The minimum Gasteiger partial charge on any atom is -0.493 e. The molecule has 0 aliphatic heterocycles. The van der Waals surface area contributed by atoms with Crippen molar-refractivity contribution >= 4 is 44.6 Å². The molecule has 0 bridgehead atoms. The van der Waals surface area contributed by atoms with Gasteiger partial charge in [-0.15, -0.1) is 0 Å². The van der Waals surface area contributed by atoms with E-state index in [2.05, 4.69) is 29.5 Å². The van der Waals surface area contributed by atoms with E-state index in [-0.39, 0.29) is 12.4 Å². The summed E-state index contributed by atoms with van der Waals surface area (Å²) < 4.78 is 36.2. The molecule has 0 atom stereocenters. The third kappa shape index (κ3) is 9.49. The largest absolute Gasteiger partial charge is 0.493 e. The molecule has 216 valence electrons. The van der Waals surface area contributed by atoms with Crippen LogP contribution in [0.3, 0.4) is 0 Å². The lowest BCUT2D eigenvalue weighted by atomic mass is 10.1. The minimum absolute atomic E-state index is 0.217. The van der Waals surface area contributed by atoms with Crippen molar-refractivity contribution in [2.24, 2.45) is 16.6 Å². The number of aliphatic imine (C=N–C) groups is 1. The van der Waals surface area contributed by atoms with Crippen molar-refractivity contribution in [1.82, 2.24) is 9.88 Å². The normalized spacial score (nSPS) is 11.9. The molecule has 3 aromatic rings. The lowest BCUT2D eigenvalue weighted by molar-refractivity contribution is -0.118. The summed E-state index contributed by atoms with van der Waals surface area (Å²) in [5, 5.41) is 6.04. The molecule has 40 heavy (non-hydrogen) atoms. The average molecular weight is 590 g/mol. The summed E-state index contributed by atoms with van der Waals surface area (Å²) in [6.07, 6.45) is 3.78. The molecule has 0 aliphatic carbocycles. The highest BCUT2D eigenvalue weighted by molar-refractivity contribution is 7.91. The monoisotopic (exact) mass is 589 g/mol. The third-order valence-corrected chi connectivity index (χ3v) is 6.79. The zero-order valence-electron chi connectivity index (χ0n) is 23.1. The number of nitrogens with zero attached hydrogens (tertiary/aromatic N) is 2. The molecule has 1 aromatic heterocycles. The van der Waals surface area contributed by atoms with E-state index in [4.69, 9.17) is 26.8 Å². The Kier molecular flexibility index (Phi) is 10.9. The van der Waals surface area contributed by atoms with Crippen LogP contribution in [0.25, 0.3) is 0 Å². The Morgan fingerprint density at radius 3 is 2.58 bits per heavy atom. The van der Waals surface area contributed by atoms with Gasteiger partial charge in [0, 0.05) is 38.7 Å². The fourth-order valence-electron chi connectivity index (χ4n) is 3.75. The van der Waals surface area contributed by atoms with Gasteiger partial charge in [-0.25, -0.2) is 13.4 Å². The van der Waals surface area contributed by atoms with E-state index in [0.717, 1.165) is 24.1 Å². The first kappa shape index (κ1) is 30.8. The maximum Gasteiger partial charge on any atom is 0.235 e. The molecular weight excluding hydrogens is 554 g/mol. The van der Waals surface area contributed by atoms with Gasteiger partial charge in [-0.05, 0) is 48.7 Å². The van der Waals surface area contributed by atoms with Crippen molar-refractivity contribution in [2.45, 2.75) is 26.8 Å². The van der Waals surface area contributed by atoms with Gasteiger partial charge in [0.1, 0.15) is 34.5 Å². The number of rotatable bonds is 14. The molecule has 3 rings (SSSR count). The van der Waals surface area contributed by atoms with E-state index in [0.29, 0.717) is 47.0 Å². The topological polar surface area (TPSA) is 137 Å². The van der Waals surface area contributed by atoms with E-state index >= 15 is 0 Å². The second-order valence-corrected chi connectivity index (χ2v) is 12.2. The first-order chi connectivity index (χ1) is 18.9. The Morgan fingerprint density at radius 1 is 1.15 bits per heavy atom. The summed E-state index contributed by atoms with van der Waals surface area (Å²) in [4.78, 5) is 16.4. The van der Waals surface area contributed by atoms with Gasteiger partial charge in [0.05, 0.1) is 23.0 Å². The lowest BCUT2D eigenvalue weighted by Crippen LogP contribution is -2.33. The van der Waals surface area contributed by atoms with Crippen LogP contribution in [-0.4, -0.2) is 56.9 Å². The van der Waals surface area contributed by atoms with Crippen LogP contribution in [0.1, 0.15) is 26.0 Å². The predicted molar refractivity (Wildman–Crippen MR) is 160 cm³/mol. The number of ether oxygens (including phenoxy) is 2. The standard InChI is InChI=1S/C28H36ClN5O5S/c1-19(2)11-15-38-21-6-5-7-22(17-21)39-25-9-8-20(16-23(25)29)33-28(30)27-24(31-3)10-13-34(27)14-12-32-26(35)18-40(4,36)37/h5-10,13,16-17,19,31H,11-12,14-15,18H2,1-4H3,(H2,30,33)(H,32,35). The molecule has 12 heteroatoms. The number of nitrogens with two attached hydrogens (primary N) is 1. The summed E-state index contributed by atoms with van der Waals surface area (Å²) in [5.41, 5.74) is 8.27. The lowest BCUT2D eigenvalue weighted by Gasteiger charge is -2.13. The van der Waals surface area contributed by atoms with Gasteiger partial charge < -0.3 is 30.4 Å². The number of carbonyl (C=O) groups excluding carboxylic acids is 1. The number of amidine groups is 1. The highest BCUT2D eigenvalue weighted by Gasteiger charge is 2.15. The maximum atomic E-state index is 11.8. The Bertz CT molecular complexity index is 1450. The molecule has 0 radical (unpaired) electrons. The highest BCUT2D eigenvalue weighted by Crippen LogP contribution is 2.34. The van der Waals surface area contributed by atoms with E-state index in [1.54, 1.807) is 31.4 Å². The van der Waals surface area contributed by atoms with E-state index in [9.17, 15) is 13.2 Å². The van der Waals surface area contributed by atoms with Crippen molar-refractivity contribution in [3.63, 3.8) is 0 Å². The van der Waals surface area contributed by atoms with Crippen molar-refractivity contribution < 1.29 is 22.7 Å². The second-order valence-electron chi connectivity index (χ2n) is 9.66. The smallest absolute Gasteiger partial charge is 0.235 e. The summed E-state index contributed by atoms with van der Waals surface area (Å²) in [5.74, 6) is 1.45. The number of sulfone groups is 1. The Morgan fingerprint density at radius 2 is 1.90 bits per heavy atom. The first-order valence-electron chi connectivity index (χ1n) is 12.8. The van der Waals surface area contributed by atoms with Gasteiger partial charge in [0.25, 0.3) is 0 Å². The molecule has 2 aromatic carbocycles. The van der Waals surface area contributed by atoms with Gasteiger partial charge in [0.2, 0.25) is 5.91 Å². The molecule has 10 nitrogen and oxygen atoms in total. The first-order valence-corrected chi connectivity index (χ1v) is 15.2. The summed E-state index contributed by atoms with van der Waals surface area (Å²) in [6.45, 7) is 5.51. The van der Waals surface area contributed by atoms with Crippen LogP contribution < -0.4 is 25.8 Å². The van der Waals surface area contributed by atoms with Crippen LogP contribution >= 0.6 is 11.6 Å². The highest BCUT2D eigenvalue weighted by atomic mass is 35.5. The summed E-state index contributed by atoms with van der Waals surface area (Å²) in [7, 11) is -1.64. The molecule has 0 spiro atoms. The third-order valence-electron chi connectivity index (χ3n) is 5.71. The van der Waals surface area contributed by atoms with Crippen molar-refractivity contribution in [2.75, 3.05) is 37.5 Å².